The van der Waals surface area contributed by atoms with E-state index in [0.717, 1.165) is 0 Å². The van der Waals surface area contributed by atoms with Crippen LogP contribution in [-0.4, -0.2) is 0 Å². The standard InChI is InChI=1S/Co.2H3O4P.W/c;2*1-5(2,3)4;/h;2*(H3,1,2,3,4);/q+2;;;+4/p-6. The van der Waals surface area contributed by atoms with Crippen molar-refractivity contribution in [1.29, 1.82) is 0 Å². The van der Waals surface area contributed by atoms with Crippen molar-refractivity contribution < 1.29 is 76.3 Å². The minimum absolute atomic E-state index is 0. The number of rotatable bonds is 0. The van der Waals surface area contributed by atoms with Crippen molar-refractivity contribution in [3.8, 4) is 0 Å². The SMILES string of the molecule is O=P([O-])([O-])[O-].O=P([O-])([O-])[O-].[Co+2].[W+4]. The molecule has 0 fully saturated rings. The molecule has 0 bridgehead atoms. The van der Waals surface area contributed by atoms with E-state index in [-0.39, 0.29) is 37.8 Å². The van der Waals surface area contributed by atoms with Crippen LogP contribution in [0.25, 0.3) is 0 Å². The second-order valence-electron chi connectivity index (χ2n) is 0.894. The zero-order valence-corrected chi connectivity index (χ0v) is 10.7. The van der Waals surface area contributed by atoms with Crippen molar-refractivity contribution in [3.63, 3.8) is 0 Å². The summed E-state index contributed by atoms with van der Waals surface area (Å²) in [5, 5.41) is 0. The molecule has 8 nitrogen and oxygen atoms in total. The summed E-state index contributed by atoms with van der Waals surface area (Å²) in [6, 6.07) is 0. The van der Waals surface area contributed by atoms with Crippen LogP contribution in [-0.2, 0) is 47.0 Å². The summed E-state index contributed by atoms with van der Waals surface area (Å²) in [6.45, 7) is 0. The van der Waals surface area contributed by atoms with E-state index in [2.05, 4.69) is 0 Å². The van der Waals surface area contributed by atoms with E-state index in [9.17, 15) is 0 Å². The molecule has 0 aromatic rings. The van der Waals surface area contributed by atoms with Crippen LogP contribution < -0.4 is 29.4 Å². The van der Waals surface area contributed by atoms with Crippen LogP contribution in [0, 0.1) is 0 Å². The maximum absolute atomic E-state index is 8.55. The van der Waals surface area contributed by atoms with Crippen molar-refractivity contribution in [2.24, 2.45) is 0 Å². The fraction of sp³-hybridized carbons (Fsp3) is 0. The molecule has 0 aliphatic rings. The first-order valence-corrected chi connectivity index (χ1v) is 4.38. The van der Waals surface area contributed by atoms with Crippen LogP contribution in [0.4, 0.5) is 0 Å². The van der Waals surface area contributed by atoms with Gasteiger partial charge in [0.15, 0.2) is 0 Å². The average Bonchev–Trinajstić information content (AvgIpc) is 1.12. The normalized spacial score (nSPS) is 9.83. The molecule has 0 aromatic carbocycles. The Bertz CT molecular complexity index is 129. The van der Waals surface area contributed by atoms with Gasteiger partial charge in [0.1, 0.15) is 0 Å². The molecule has 0 amide bonds. The van der Waals surface area contributed by atoms with Crippen molar-refractivity contribution >= 4 is 15.6 Å². The summed E-state index contributed by atoms with van der Waals surface area (Å²) in [5.41, 5.74) is 0. The fourth-order valence-electron chi connectivity index (χ4n) is 0. The molecule has 0 saturated heterocycles. The molecule has 0 N–H and O–H groups in total. The van der Waals surface area contributed by atoms with Crippen molar-refractivity contribution in [1.82, 2.24) is 0 Å². The molecule has 73 valence electrons. The van der Waals surface area contributed by atoms with Gasteiger partial charge in [-0.3, -0.25) is 0 Å². The quantitative estimate of drug-likeness (QED) is 0.340. The van der Waals surface area contributed by atoms with Crippen molar-refractivity contribution in [2.75, 3.05) is 0 Å². The van der Waals surface area contributed by atoms with E-state index in [4.69, 9.17) is 38.5 Å². The summed E-state index contributed by atoms with van der Waals surface area (Å²) >= 11 is 0. The van der Waals surface area contributed by atoms with Gasteiger partial charge in [-0.2, -0.15) is 15.6 Å². The monoisotopic (exact) mass is 433 g/mol. The molecular weight excluding hydrogens is 433 g/mol. The van der Waals surface area contributed by atoms with E-state index >= 15 is 0 Å². The maximum Gasteiger partial charge on any atom is 4.00 e. The Morgan fingerprint density at radius 2 is 0.667 bits per heavy atom. The molecule has 1 radical (unpaired) electrons. The number of hydrogen-bond acceptors (Lipinski definition) is 8. The second kappa shape index (κ2) is 8.99. The van der Waals surface area contributed by atoms with E-state index in [1.54, 1.807) is 0 Å². The molecule has 0 saturated carbocycles. The molecule has 12 heteroatoms. The van der Waals surface area contributed by atoms with Gasteiger partial charge in [0.05, 0.1) is 0 Å². The second-order valence-corrected chi connectivity index (χ2v) is 2.68. The van der Waals surface area contributed by atoms with E-state index < -0.39 is 15.6 Å². The van der Waals surface area contributed by atoms with E-state index in [1.807, 2.05) is 0 Å². The van der Waals surface area contributed by atoms with Gasteiger partial charge in [-0.15, -0.1) is 0 Å². The van der Waals surface area contributed by atoms with Gasteiger partial charge < -0.3 is 38.5 Å². The van der Waals surface area contributed by atoms with Gasteiger partial charge in [-0.25, -0.2) is 0 Å². The van der Waals surface area contributed by atoms with Gasteiger partial charge in [0.2, 0.25) is 0 Å². The van der Waals surface area contributed by atoms with Crippen LogP contribution >= 0.6 is 15.6 Å². The van der Waals surface area contributed by atoms with Crippen LogP contribution in [0.2, 0.25) is 0 Å². The summed E-state index contributed by atoms with van der Waals surface area (Å²) in [7, 11) is -10.8. The third-order valence-electron chi connectivity index (χ3n) is 0. The largest absolute Gasteiger partial charge is 4.00 e. The average molecular weight is 433 g/mol. The van der Waals surface area contributed by atoms with E-state index in [1.165, 1.54) is 0 Å². The van der Waals surface area contributed by atoms with Crippen LogP contribution in [0.1, 0.15) is 0 Å². The third-order valence-corrected chi connectivity index (χ3v) is 0. The Balaban J connectivity index is -0.0000000457. The predicted molar refractivity (Wildman–Crippen MR) is 15.2 cm³/mol. The Kier molecular flexibility index (Phi) is 17.5. The Labute approximate surface area is 92.0 Å². The number of phosphoric acid groups is 2. The van der Waals surface area contributed by atoms with Crippen LogP contribution in [0.3, 0.4) is 0 Å². The smallest absolute Gasteiger partial charge is 0.822 e. The molecular formula is CoO8P2W. The first kappa shape index (κ1) is 23.3. The van der Waals surface area contributed by atoms with Crippen LogP contribution in [0.15, 0.2) is 0 Å². The molecule has 0 unspecified atom stereocenters. The topological polar surface area (TPSA) is 172 Å². The minimum atomic E-state index is -5.39. The molecule has 0 aromatic heterocycles. The van der Waals surface area contributed by atoms with Gasteiger partial charge in [-0.05, 0) is 0 Å². The predicted octanol–water partition coefficient (Wildman–Crippen LogP) is -5.65. The zero-order valence-electron chi connectivity index (χ0n) is 4.90. The summed E-state index contributed by atoms with van der Waals surface area (Å²) < 4.78 is 17.1. The molecule has 12 heavy (non-hydrogen) atoms. The zero-order chi connectivity index (χ0) is 9.00. The van der Waals surface area contributed by atoms with Gasteiger partial charge >= 0.3 is 37.8 Å². The molecule has 0 aliphatic carbocycles. The van der Waals surface area contributed by atoms with E-state index in [0.29, 0.717) is 0 Å². The Hall–Kier alpha value is 1.41. The molecule has 0 rings (SSSR count). The van der Waals surface area contributed by atoms with Crippen LogP contribution in [0.5, 0.6) is 0 Å². The third kappa shape index (κ3) is 619. The molecule has 0 atom stereocenters. The van der Waals surface area contributed by atoms with Crippen molar-refractivity contribution in [2.45, 2.75) is 0 Å². The summed E-state index contributed by atoms with van der Waals surface area (Å²) in [6.07, 6.45) is 0. The first-order chi connectivity index (χ1) is 4.00. The molecule has 0 spiro atoms. The van der Waals surface area contributed by atoms with Crippen molar-refractivity contribution in [3.05, 3.63) is 0 Å². The summed E-state index contributed by atoms with van der Waals surface area (Å²) in [4.78, 5) is 51.3. The first-order valence-electron chi connectivity index (χ1n) is 1.46. The van der Waals surface area contributed by atoms with Gasteiger partial charge in [0.25, 0.3) is 0 Å². The summed E-state index contributed by atoms with van der Waals surface area (Å²) in [5.74, 6) is 0. The fourth-order valence-corrected chi connectivity index (χ4v) is 0. The van der Waals surface area contributed by atoms with Gasteiger partial charge in [0, 0.05) is 0 Å². The number of hydrogen-bond donors (Lipinski definition) is 0. The Morgan fingerprint density at radius 3 is 0.667 bits per heavy atom. The maximum atomic E-state index is 8.55. The van der Waals surface area contributed by atoms with Gasteiger partial charge in [-0.1, -0.05) is 0 Å². The Morgan fingerprint density at radius 1 is 0.667 bits per heavy atom. The molecule has 0 heterocycles. The minimum Gasteiger partial charge on any atom is -0.822 e. The molecule has 0 aliphatic heterocycles.